The molecule has 8 aromatic carbocycles. The number of H-pyrrole nitrogens is 4. The van der Waals surface area contributed by atoms with Crippen LogP contribution in [0.25, 0.3) is 155 Å². The summed E-state index contributed by atoms with van der Waals surface area (Å²) in [4.78, 5) is 66.8. The summed E-state index contributed by atoms with van der Waals surface area (Å²) in [5.74, 6) is 3.08. The Labute approximate surface area is 726 Å². The third-order valence-corrected chi connectivity index (χ3v) is 18.2. The Hall–Kier alpha value is -11.2. The van der Waals surface area contributed by atoms with Crippen LogP contribution < -0.4 is 0 Å². The molecule has 12 heterocycles. The average molecular weight is 2010 g/mol. The molecular weight excluding hydrogens is 1940 g/mol. The first kappa shape index (κ1) is 96.0. The molecule has 0 atom stereocenters. The van der Waals surface area contributed by atoms with Crippen molar-refractivity contribution in [3.05, 3.63) is 288 Å². The van der Waals surface area contributed by atoms with Crippen LogP contribution in [0.5, 0.6) is 0 Å². The number of benzene rings is 8. The summed E-state index contributed by atoms with van der Waals surface area (Å²) in [6, 6.07) is 65.2. The van der Waals surface area contributed by atoms with Gasteiger partial charge in [0.05, 0.1) is 88.3 Å². The van der Waals surface area contributed by atoms with Gasteiger partial charge in [-0.2, -0.15) is 0 Å². The molecule has 16 nitrogen and oxygen atoms in total. The normalized spacial score (nSPS) is 13.0. The summed E-state index contributed by atoms with van der Waals surface area (Å²) in [5.41, 5.74) is 25.9. The van der Waals surface area contributed by atoms with Gasteiger partial charge in [-0.15, -0.1) is 0 Å². The molecule has 20 aromatic rings. The van der Waals surface area contributed by atoms with E-state index in [4.69, 9.17) is 19.4 Å². The van der Waals surface area contributed by atoms with Crippen molar-refractivity contribution in [1.29, 1.82) is 0 Å². The van der Waals surface area contributed by atoms with Crippen molar-refractivity contribution < 1.29 is 110 Å². The fraction of sp³-hybridized carbons (Fsp3) is 0.0952. The van der Waals surface area contributed by atoms with Gasteiger partial charge < -0.3 is 19.9 Å². The Morgan fingerprint density at radius 1 is 0.216 bits per heavy atom. The number of aryl methyl sites for hydroxylation is 8. The summed E-state index contributed by atoms with van der Waals surface area (Å²) in [5, 5.41) is 9.50. The van der Waals surface area contributed by atoms with E-state index in [9.17, 15) is 75.5 Å². The minimum absolute atomic E-state index is 0. The second-order valence-corrected chi connectivity index (χ2v) is 36.2. The van der Waals surface area contributed by atoms with Gasteiger partial charge in [-0.25, -0.2) is 19.9 Å². The summed E-state index contributed by atoms with van der Waals surface area (Å²) < 4.78 is 178. The first-order chi connectivity index (χ1) is 57.6. The molecular formula is C84H68Cl2F18N16P3Ru2-3. The maximum Gasteiger partial charge on any atom is 0.174 e. The van der Waals surface area contributed by atoms with Crippen molar-refractivity contribution in [2.24, 2.45) is 0 Å². The molecule has 0 radical (unpaired) electrons. The largest absolute Gasteiger partial charge is 0.335 e. The molecule has 0 saturated carbocycles. The van der Waals surface area contributed by atoms with Crippen molar-refractivity contribution in [2.45, 2.75) is 55.4 Å². The van der Waals surface area contributed by atoms with Crippen LogP contribution >= 0.6 is 42.8 Å². The number of nitrogens with zero attached hydrogens (tertiary/aromatic N) is 12. The molecule has 0 saturated heterocycles. The number of rotatable bonds is 2. The van der Waals surface area contributed by atoms with Crippen LogP contribution in [0, 0.1) is 55.4 Å². The summed E-state index contributed by atoms with van der Waals surface area (Å²) >= 11 is -0.346. The molecule has 0 aliphatic carbocycles. The van der Waals surface area contributed by atoms with E-state index < -0.39 is 23.4 Å². The van der Waals surface area contributed by atoms with Crippen molar-refractivity contribution in [1.82, 2.24) is 79.7 Å². The number of hydrogen-bond donors (Lipinski definition) is 4. The van der Waals surface area contributed by atoms with Gasteiger partial charge in [-0.05, 0) is 197 Å². The smallest absolute Gasteiger partial charge is 0.174 e. The van der Waals surface area contributed by atoms with Crippen LogP contribution in [-0.4, -0.2) is 79.7 Å². The van der Waals surface area contributed by atoms with Gasteiger partial charge in [0.1, 0.15) is 0 Å². The fourth-order valence-corrected chi connectivity index (χ4v) is 12.7. The number of nitrogens with one attached hydrogen (secondary N) is 4. The van der Waals surface area contributed by atoms with Gasteiger partial charge in [-0.1, -0.05) is 97.1 Å². The number of hydrogen-bond acceptors (Lipinski definition) is 12. The number of pyridine rings is 8. The molecule has 0 spiro atoms. The number of fused-ring (bicyclic) bond motifs is 16. The Morgan fingerprint density at radius 3 is 0.456 bits per heavy atom. The van der Waals surface area contributed by atoms with Crippen LogP contribution in [0.2, 0.25) is 0 Å². The van der Waals surface area contributed by atoms with Gasteiger partial charge in [0.2, 0.25) is 0 Å². The molecule has 4 N–H and O–H groups in total. The summed E-state index contributed by atoms with van der Waals surface area (Å²) in [6.07, 6.45) is 14.8. The van der Waals surface area contributed by atoms with Crippen molar-refractivity contribution in [3.8, 4) is 23.3 Å². The maximum absolute atomic E-state index is 10.7. The molecule has 12 aromatic heterocycles. The molecule has 0 amide bonds. The molecule has 0 fully saturated rings. The topological polar surface area (TPSA) is 218 Å². The van der Waals surface area contributed by atoms with E-state index in [0.29, 0.717) is 0 Å². The predicted octanol–water partition coefficient (Wildman–Crippen LogP) is 31.3. The third-order valence-electron chi connectivity index (χ3n) is 18.2. The molecule has 0 bridgehead atoms. The van der Waals surface area contributed by atoms with E-state index in [-0.39, 0.29) is 34.6 Å². The number of aromatic nitrogens is 16. The van der Waals surface area contributed by atoms with Crippen LogP contribution in [0.1, 0.15) is 44.5 Å². The van der Waals surface area contributed by atoms with Gasteiger partial charge in [-0.3, -0.25) is 39.9 Å². The molecule has 0 unspecified atom stereocenters. The van der Waals surface area contributed by atoms with Crippen molar-refractivity contribution >= 4 is 174 Å². The van der Waals surface area contributed by atoms with Gasteiger partial charge >= 0.3 is 133 Å². The first-order valence-corrected chi connectivity index (χ1v) is 46.9. The zero-order chi connectivity index (χ0) is 90.3. The quantitative estimate of drug-likeness (QED) is 0.0550. The van der Waals surface area contributed by atoms with E-state index in [1.54, 1.807) is 0 Å². The zero-order valence-electron chi connectivity index (χ0n) is 66.1. The van der Waals surface area contributed by atoms with Crippen molar-refractivity contribution in [3.63, 3.8) is 0 Å². The third kappa shape index (κ3) is 28.4. The Morgan fingerprint density at radius 2 is 0.336 bits per heavy atom. The Balaban J connectivity index is 0.000000149. The van der Waals surface area contributed by atoms with Crippen LogP contribution in [0.15, 0.2) is 244 Å². The molecule has 20 rings (SSSR count). The van der Waals surface area contributed by atoms with Gasteiger partial charge in [0, 0.05) is 112 Å². The Kier molecular flexibility index (Phi) is 27.4. The molecule has 125 heavy (non-hydrogen) atoms. The summed E-state index contributed by atoms with van der Waals surface area (Å²) in [7, 11) is -22.3. The van der Waals surface area contributed by atoms with E-state index in [2.05, 4.69) is 184 Å². The molecule has 658 valence electrons. The second-order valence-electron chi connectivity index (χ2n) is 27.8. The molecule has 41 heteroatoms. The SMILES string of the molecule is Cc1ccnc2c1ccc1c(C)ccnc12.Cc1ccnc2c1ccc1c(C)ccnc12.Cc1ccnc2c1ccc1c(C)ccnc12.Cc1ccnc2c1ccc1c(C)ccnc12.F[P-](F)(F)(F)(F)F.F[P-](F)(F)(F)(F)F.F[P-](F)(F)(F)(F)F.[Cl][Ru][Cl].[Ru].c1ccc2[nH]c(-c3nc4ccccc4[nH]3)nc2c1.c1ccc2[nH]c(-c3nc4ccccc4[nH]3)nc2c1. The number of aromatic amines is 4. The maximum atomic E-state index is 9.87. The minimum atomic E-state index is -10.7. The molecule has 0 aliphatic rings. The van der Waals surface area contributed by atoms with Crippen LogP contribution in [0.3, 0.4) is 0 Å². The van der Waals surface area contributed by atoms with Crippen LogP contribution in [-0.2, 0) is 34.6 Å². The number of para-hydroxylation sites is 8. The van der Waals surface area contributed by atoms with E-state index >= 15 is 0 Å². The van der Waals surface area contributed by atoms with E-state index in [1.165, 1.54) is 87.6 Å². The van der Waals surface area contributed by atoms with Gasteiger partial charge in [0.15, 0.2) is 23.3 Å². The van der Waals surface area contributed by atoms with Crippen LogP contribution in [0.4, 0.5) is 75.5 Å². The standard InChI is InChI=1S/2C14H10N4.4C14H12N2.2ClH.3F6P.2Ru/c2*1-2-6-10-9(5-1)15-13(16-10)14-17-11-7-3-4-8-12(11)18-14;4*1-9-5-7-15-13-11(9)3-4-12-10(2)6-8-16-14(12)13;;;3*1-7(2,3,4,5)6;;/h2*1-8H,(H,15,16)(H,17,18);4*3-8H,1-2H3;2*1H;;;;;/q;;;;;;;;3*-1;;+2/p-2. The number of imidazole rings is 4. The zero-order valence-corrected chi connectivity index (χ0v) is 73.7. The number of halogens is 20. The van der Waals surface area contributed by atoms with E-state index in [0.717, 1.165) is 112 Å². The fourth-order valence-electron chi connectivity index (χ4n) is 12.7. The Bertz CT molecular complexity index is 6100. The van der Waals surface area contributed by atoms with E-state index in [1.807, 2.05) is 195 Å². The first-order valence-electron chi connectivity index (χ1n) is 36.4. The van der Waals surface area contributed by atoms with Gasteiger partial charge in [0.25, 0.3) is 0 Å². The average Bonchev–Trinajstić information content (AvgIpc) is 1.41. The van der Waals surface area contributed by atoms with Crippen molar-refractivity contribution in [2.75, 3.05) is 0 Å². The minimum Gasteiger partial charge on any atom is -0.335 e. The molecule has 0 aliphatic heterocycles. The predicted molar refractivity (Wildman–Crippen MR) is 461 cm³/mol. The monoisotopic (exact) mass is 2010 g/mol. The second kappa shape index (κ2) is 35.7. The summed E-state index contributed by atoms with van der Waals surface area (Å²) in [6.45, 7) is 16.8.